The number of methoxy groups -OCH3 is 2. The molecule has 4 aromatic rings. The summed E-state index contributed by atoms with van der Waals surface area (Å²) in [4.78, 5) is 31.6. The molecule has 202 valence electrons. The molecule has 1 fully saturated rings. The number of hydrogen-bond acceptors (Lipinski definition) is 9. The summed E-state index contributed by atoms with van der Waals surface area (Å²) < 4.78 is 22.3. The molecule has 9 heteroatoms. The minimum absolute atomic E-state index is 0.0799. The van der Waals surface area contributed by atoms with E-state index in [2.05, 4.69) is 10.3 Å². The first kappa shape index (κ1) is 26.4. The van der Waals surface area contributed by atoms with Gasteiger partial charge in [-0.1, -0.05) is 24.3 Å². The van der Waals surface area contributed by atoms with Crippen LogP contribution in [0.2, 0.25) is 0 Å². The number of aryl methyl sites for hydroxylation is 1. The highest BCUT2D eigenvalue weighted by Gasteiger charge is 2.36. The number of carbonyl (C=O) groups is 2. The number of nitrogens with zero attached hydrogens (tertiary/aromatic N) is 2. The van der Waals surface area contributed by atoms with Crippen molar-refractivity contribution in [3.05, 3.63) is 83.4 Å². The van der Waals surface area contributed by atoms with Crippen LogP contribution >= 0.6 is 0 Å². The number of para-hydroxylation sites is 1. The normalized spacial score (nSPS) is 16.2. The molecule has 5 rings (SSSR count). The van der Waals surface area contributed by atoms with E-state index < -0.39 is 12.4 Å². The molecule has 0 saturated carbocycles. The number of ether oxygens (including phenoxy) is 3. The fraction of sp³-hybridized carbons (Fsp3) is 0.300. The molecule has 2 unspecified atom stereocenters. The van der Waals surface area contributed by atoms with Crippen molar-refractivity contribution in [3.8, 4) is 5.75 Å². The average molecular weight is 530 g/mol. The number of benzene rings is 3. The lowest BCUT2D eigenvalue weighted by Crippen LogP contribution is -2.47. The standard InChI is InChI=1S/C30H31N3O6/c1-19-7-4-5-8-23(19)31-29-32-24-15-10-20(18-27(24)39-29)17-26(34)25-9-6-16-33(25)30(37-3)38-22-13-11-21(12-14-22)28(35)36-2/h4-5,7-8,10-15,18,25,30H,6,9,16-17H2,1-3H3,(H,31,32). The molecule has 1 aliphatic rings. The van der Waals surface area contributed by atoms with E-state index in [0.717, 1.165) is 35.2 Å². The Bertz CT molecular complexity index is 1470. The zero-order chi connectivity index (χ0) is 27.4. The Morgan fingerprint density at radius 1 is 1.10 bits per heavy atom. The van der Waals surface area contributed by atoms with E-state index >= 15 is 0 Å². The van der Waals surface area contributed by atoms with Gasteiger partial charge < -0.3 is 23.9 Å². The average Bonchev–Trinajstić information content (AvgIpc) is 3.60. The maximum atomic E-state index is 13.4. The van der Waals surface area contributed by atoms with Crippen molar-refractivity contribution in [2.24, 2.45) is 0 Å². The molecule has 1 aromatic heterocycles. The topological polar surface area (TPSA) is 103 Å². The van der Waals surface area contributed by atoms with Crippen molar-refractivity contribution >= 4 is 34.6 Å². The first-order chi connectivity index (χ1) is 18.9. The maximum Gasteiger partial charge on any atom is 0.337 e. The number of carbonyl (C=O) groups excluding carboxylic acids is 2. The highest BCUT2D eigenvalue weighted by Crippen LogP contribution is 2.27. The number of esters is 1. The van der Waals surface area contributed by atoms with Crippen molar-refractivity contribution in [1.29, 1.82) is 0 Å². The highest BCUT2D eigenvalue weighted by atomic mass is 16.7. The molecule has 1 aliphatic heterocycles. The lowest BCUT2D eigenvalue weighted by atomic mass is 10.0. The molecule has 1 saturated heterocycles. The van der Waals surface area contributed by atoms with Crippen molar-refractivity contribution in [2.45, 2.75) is 38.6 Å². The molecule has 39 heavy (non-hydrogen) atoms. The van der Waals surface area contributed by atoms with Crippen LogP contribution in [0.15, 0.2) is 71.1 Å². The van der Waals surface area contributed by atoms with E-state index in [9.17, 15) is 9.59 Å². The molecule has 3 aromatic carbocycles. The van der Waals surface area contributed by atoms with Crippen LogP contribution in [0.5, 0.6) is 5.75 Å². The number of likely N-dealkylation sites (tertiary alicyclic amines) is 1. The highest BCUT2D eigenvalue weighted by molar-refractivity contribution is 5.89. The third kappa shape index (κ3) is 5.94. The summed E-state index contributed by atoms with van der Waals surface area (Å²) in [5, 5.41) is 3.22. The minimum Gasteiger partial charge on any atom is -0.465 e. The predicted molar refractivity (Wildman–Crippen MR) is 146 cm³/mol. The largest absolute Gasteiger partial charge is 0.465 e. The van der Waals surface area contributed by atoms with Crippen LogP contribution in [-0.4, -0.2) is 54.9 Å². The van der Waals surface area contributed by atoms with Crippen LogP contribution in [0.3, 0.4) is 0 Å². The molecular formula is C30H31N3O6. The van der Waals surface area contributed by atoms with Gasteiger partial charge in [0.25, 0.3) is 12.4 Å². The van der Waals surface area contributed by atoms with Gasteiger partial charge in [-0.2, -0.15) is 4.98 Å². The second kappa shape index (κ2) is 11.7. The zero-order valence-corrected chi connectivity index (χ0v) is 22.2. The second-order valence-corrected chi connectivity index (χ2v) is 9.48. The molecular weight excluding hydrogens is 498 g/mol. The first-order valence-corrected chi connectivity index (χ1v) is 12.8. The van der Waals surface area contributed by atoms with Gasteiger partial charge in [0.05, 0.1) is 18.7 Å². The Hall–Kier alpha value is -4.21. The van der Waals surface area contributed by atoms with Gasteiger partial charge in [0.15, 0.2) is 11.4 Å². The number of Topliss-reactive ketones (excluding diaryl/α,β-unsaturated/α-hetero) is 1. The fourth-order valence-corrected chi connectivity index (χ4v) is 4.82. The van der Waals surface area contributed by atoms with Crippen molar-refractivity contribution < 1.29 is 28.2 Å². The summed E-state index contributed by atoms with van der Waals surface area (Å²) in [6, 6.07) is 20.2. The van der Waals surface area contributed by atoms with Crippen molar-refractivity contribution in [3.63, 3.8) is 0 Å². The van der Waals surface area contributed by atoms with Crippen LogP contribution in [0.25, 0.3) is 11.1 Å². The summed E-state index contributed by atoms with van der Waals surface area (Å²) in [6.45, 7) is 2.69. The van der Waals surface area contributed by atoms with Gasteiger partial charge in [-0.15, -0.1) is 0 Å². The Kier molecular flexibility index (Phi) is 7.90. The van der Waals surface area contributed by atoms with Crippen LogP contribution < -0.4 is 10.1 Å². The van der Waals surface area contributed by atoms with Gasteiger partial charge >= 0.3 is 5.97 Å². The Morgan fingerprint density at radius 3 is 2.64 bits per heavy atom. The Morgan fingerprint density at radius 2 is 1.90 bits per heavy atom. The lowest BCUT2D eigenvalue weighted by molar-refractivity contribution is -0.168. The Labute approximate surface area is 226 Å². The van der Waals surface area contributed by atoms with Crippen molar-refractivity contribution in [2.75, 3.05) is 26.1 Å². The number of rotatable bonds is 10. The number of nitrogens with one attached hydrogen (secondary N) is 1. The van der Waals surface area contributed by atoms with Crippen LogP contribution in [-0.2, 0) is 20.7 Å². The van der Waals surface area contributed by atoms with E-state index in [0.29, 0.717) is 29.5 Å². The van der Waals surface area contributed by atoms with E-state index in [1.54, 1.807) is 31.4 Å². The number of aromatic nitrogens is 1. The monoisotopic (exact) mass is 529 g/mol. The van der Waals surface area contributed by atoms with Crippen LogP contribution in [0.1, 0.15) is 34.3 Å². The number of ketones is 1. The van der Waals surface area contributed by atoms with Crippen LogP contribution in [0, 0.1) is 6.92 Å². The first-order valence-electron chi connectivity index (χ1n) is 12.8. The van der Waals surface area contributed by atoms with Gasteiger partial charge in [-0.3, -0.25) is 4.79 Å². The molecule has 2 atom stereocenters. The lowest BCUT2D eigenvalue weighted by Gasteiger charge is -2.31. The molecule has 0 aliphatic carbocycles. The Balaban J connectivity index is 1.25. The molecule has 0 radical (unpaired) electrons. The fourth-order valence-electron chi connectivity index (χ4n) is 4.82. The van der Waals surface area contributed by atoms with E-state index in [-0.39, 0.29) is 18.2 Å². The summed E-state index contributed by atoms with van der Waals surface area (Å²) in [5.74, 6) is 0.187. The number of hydrogen-bond donors (Lipinski definition) is 1. The molecule has 0 bridgehead atoms. The summed E-state index contributed by atoms with van der Waals surface area (Å²) >= 11 is 0. The van der Waals surface area contributed by atoms with Crippen LogP contribution in [0.4, 0.5) is 11.7 Å². The van der Waals surface area contributed by atoms with E-state index in [4.69, 9.17) is 18.6 Å². The summed E-state index contributed by atoms with van der Waals surface area (Å²) in [5.41, 5.74) is 4.63. The third-order valence-corrected chi connectivity index (χ3v) is 6.87. The summed E-state index contributed by atoms with van der Waals surface area (Å²) in [6.07, 6.45) is 1.09. The van der Waals surface area contributed by atoms with E-state index in [1.165, 1.54) is 7.11 Å². The van der Waals surface area contributed by atoms with Gasteiger partial charge in [-0.25, -0.2) is 9.69 Å². The number of anilines is 2. The van der Waals surface area contributed by atoms with Gasteiger partial charge in [0.2, 0.25) is 0 Å². The smallest absolute Gasteiger partial charge is 0.337 e. The third-order valence-electron chi connectivity index (χ3n) is 6.87. The number of oxazole rings is 1. The second-order valence-electron chi connectivity index (χ2n) is 9.48. The van der Waals surface area contributed by atoms with Crippen molar-refractivity contribution in [1.82, 2.24) is 9.88 Å². The van der Waals surface area contributed by atoms with Gasteiger partial charge in [-0.05, 0) is 73.4 Å². The van der Waals surface area contributed by atoms with Gasteiger partial charge in [0, 0.05) is 25.8 Å². The SMILES string of the molecule is COC(=O)c1ccc(OC(OC)N2CCCC2C(=O)Cc2ccc3nc(Nc4ccccc4C)oc3c2)cc1. The molecule has 9 nitrogen and oxygen atoms in total. The van der Waals surface area contributed by atoms with E-state index in [1.807, 2.05) is 54.3 Å². The predicted octanol–water partition coefficient (Wildman–Crippen LogP) is 5.25. The number of fused-ring (bicyclic) bond motifs is 1. The zero-order valence-electron chi connectivity index (χ0n) is 22.2. The molecule has 1 N–H and O–H groups in total. The van der Waals surface area contributed by atoms with Gasteiger partial charge in [0.1, 0.15) is 11.3 Å². The summed E-state index contributed by atoms with van der Waals surface area (Å²) in [7, 11) is 2.89. The molecule has 2 heterocycles. The maximum absolute atomic E-state index is 13.4. The quantitative estimate of drug-likeness (QED) is 0.218. The molecule has 0 amide bonds. The molecule has 0 spiro atoms. The minimum atomic E-state index is -0.739.